The highest BCUT2D eigenvalue weighted by atomic mass is 32.2. The van der Waals surface area contributed by atoms with Crippen molar-refractivity contribution in [2.75, 3.05) is 18.8 Å². The topological polar surface area (TPSA) is 32.3 Å². The van der Waals surface area contributed by atoms with E-state index in [9.17, 15) is 5.11 Å². The normalized spacial score (nSPS) is 15.0. The summed E-state index contributed by atoms with van der Waals surface area (Å²) < 4.78 is 0. The molecule has 2 nitrogen and oxygen atoms in total. The fourth-order valence-corrected chi connectivity index (χ4v) is 4.36. The van der Waals surface area contributed by atoms with Crippen molar-refractivity contribution in [3.8, 4) is 0 Å². The molecule has 0 spiro atoms. The van der Waals surface area contributed by atoms with E-state index in [0.29, 0.717) is 6.54 Å². The lowest BCUT2D eigenvalue weighted by molar-refractivity contribution is 0.0434. The SMILES string of the molecule is CCNCC(C)(O)C(c1ccccc1)c1ccc(SCCC(C)C)cc1. The van der Waals surface area contributed by atoms with Gasteiger partial charge in [0.15, 0.2) is 0 Å². The van der Waals surface area contributed by atoms with Crippen LogP contribution in [0.3, 0.4) is 0 Å². The highest BCUT2D eigenvalue weighted by Gasteiger charge is 2.34. The van der Waals surface area contributed by atoms with Crippen molar-refractivity contribution >= 4 is 11.8 Å². The second kappa shape index (κ2) is 10.1. The van der Waals surface area contributed by atoms with Crippen LogP contribution in [0.25, 0.3) is 0 Å². The highest BCUT2D eigenvalue weighted by molar-refractivity contribution is 7.99. The largest absolute Gasteiger partial charge is 0.388 e. The third-order valence-electron chi connectivity index (χ3n) is 4.67. The summed E-state index contributed by atoms with van der Waals surface area (Å²) in [6, 6.07) is 19.1. The van der Waals surface area contributed by atoms with E-state index in [4.69, 9.17) is 0 Å². The van der Waals surface area contributed by atoms with E-state index in [1.165, 1.54) is 11.3 Å². The monoisotopic (exact) mass is 371 g/mol. The predicted octanol–water partition coefficient (Wildman–Crippen LogP) is 5.32. The van der Waals surface area contributed by atoms with Crippen molar-refractivity contribution in [2.24, 2.45) is 5.92 Å². The van der Waals surface area contributed by atoms with Gasteiger partial charge in [-0.15, -0.1) is 11.8 Å². The summed E-state index contributed by atoms with van der Waals surface area (Å²) in [6.07, 6.45) is 1.23. The maximum atomic E-state index is 11.2. The number of benzene rings is 2. The summed E-state index contributed by atoms with van der Waals surface area (Å²) >= 11 is 1.91. The molecule has 2 aromatic carbocycles. The number of rotatable bonds is 10. The predicted molar refractivity (Wildman–Crippen MR) is 114 cm³/mol. The van der Waals surface area contributed by atoms with E-state index in [0.717, 1.165) is 29.3 Å². The maximum absolute atomic E-state index is 11.2. The first kappa shape index (κ1) is 21.0. The summed E-state index contributed by atoms with van der Waals surface area (Å²) in [7, 11) is 0. The number of aliphatic hydroxyl groups is 1. The Kier molecular flexibility index (Phi) is 8.20. The molecule has 2 atom stereocenters. The van der Waals surface area contributed by atoms with Crippen molar-refractivity contribution in [3.05, 3.63) is 65.7 Å². The summed E-state index contributed by atoms with van der Waals surface area (Å²) in [5.74, 6) is 1.83. The van der Waals surface area contributed by atoms with Crippen LogP contribution in [0.5, 0.6) is 0 Å². The van der Waals surface area contributed by atoms with E-state index in [-0.39, 0.29) is 5.92 Å². The molecule has 0 radical (unpaired) electrons. The van der Waals surface area contributed by atoms with Crippen molar-refractivity contribution in [3.63, 3.8) is 0 Å². The van der Waals surface area contributed by atoms with Crippen LogP contribution in [-0.4, -0.2) is 29.5 Å². The van der Waals surface area contributed by atoms with E-state index >= 15 is 0 Å². The van der Waals surface area contributed by atoms with E-state index in [1.54, 1.807) is 0 Å². The van der Waals surface area contributed by atoms with E-state index < -0.39 is 5.60 Å². The average molecular weight is 372 g/mol. The molecule has 0 saturated carbocycles. The minimum atomic E-state index is -0.857. The molecule has 0 bridgehead atoms. The molecule has 0 saturated heterocycles. The van der Waals surface area contributed by atoms with Crippen molar-refractivity contribution in [2.45, 2.75) is 50.5 Å². The van der Waals surface area contributed by atoms with Gasteiger partial charge in [-0.2, -0.15) is 0 Å². The second-order valence-corrected chi connectivity index (χ2v) is 8.75. The third-order valence-corrected chi connectivity index (χ3v) is 5.71. The second-order valence-electron chi connectivity index (χ2n) is 7.58. The number of likely N-dealkylation sites (N-methyl/N-ethyl adjacent to an activating group) is 1. The summed E-state index contributed by atoms with van der Waals surface area (Å²) in [5, 5.41) is 14.5. The third kappa shape index (κ3) is 6.15. The zero-order valence-corrected chi connectivity index (χ0v) is 17.4. The van der Waals surface area contributed by atoms with Crippen molar-refractivity contribution in [1.29, 1.82) is 0 Å². The van der Waals surface area contributed by atoms with Crippen LogP contribution < -0.4 is 5.32 Å². The summed E-state index contributed by atoms with van der Waals surface area (Å²) in [6.45, 7) is 9.94. The Morgan fingerprint density at radius 3 is 2.19 bits per heavy atom. The van der Waals surface area contributed by atoms with Gasteiger partial charge in [0.2, 0.25) is 0 Å². The molecule has 0 aromatic heterocycles. The van der Waals surface area contributed by atoms with Crippen LogP contribution >= 0.6 is 11.8 Å². The first-order valence-corrected chi connectivity index (χ1v) is 10.6. The Morgan fingerprint density at radius 1 is 1.00 bits per heavy atom. The van der Waals surface area contributed by atoms with Gasteiger partial charge in [0.05, 0.1) is 5.60 Å². The Balaban J connectivity index is 2.22. The Hall–Kier alpha value is -1.29. The fourth-order valence-electron chi connectivity index (χ4n) is 3.21. The molecular formula is C23H33NOS. The Labute approximate surface area is 163 Å². The van der Waals surface area contributed by atoms with E-state index in [1.807, 2.05) is 36.9 Å². The minimum absolute atomic E-state index is 0.0579. The molecule has 2 unspecified atom stereocenters. The lowest BCUT2D eigenvalue weighted by Crippen LogP contribution is -2.43. The molecule has 3 heteroatoms. The van der Waals surface area contributed by atoms with Gasteiger partial charge in [0, 0.05) is 17.4 Å². The van der Waals surface area contributed by atoms with Gasteiger partial charge in [-0.3, -0.25) is 0 Å². The molecular weight excluding hydrogens is 338 g/mol. The van der Waals surface area contributed by atoms with Gasteiger partial charge in [0.1, 0.15) is 0 Å². The molecule has 0 aliphatic heterocycles. The maximum Gasteiger partial charge on any atom is 0.0852 e. The fraction of sp³-hybridized carbons (Fsp3) is 0.478. The lowest BCUT2D eigenvalue weighted by Gasteiger charge is -2.34. The molecule has 0 heterocycles. The zero-order valence-electron chi connectivity index (χ0n) is 16.5. The molecule has 0 aliphatic rings. The molecule has 0 fully saturated rings. The molecule has 26 heavy (non-hydrogen) atoms. The number of hydrogen-bond acceptors (Lipinski definition) is 3. The number of thioether (sulfide) groups is 1. The van der Waals surface area contributed by atoms with Gasteiger partial charge >= 0.3 is 0 Å². The quantitative estimate of drug-likeness (QED) is 0.555. The van der Waals surface area contributed by atoms with Crippen LogP contribution in [0, 0.1) is 5.92 Å². The number of nitrogens with one attached hydrogen (secondary N) is 1. The van der Waals surface area contributed by atoms with Crippen molar-refractivity contribution < 1.29 is 5.11 Å². The van der Waals surface area contributed by atoms with Crippen LogP contribution in [0.4, 0.5) is 0 Å². The minimum Gasteiger partial charge on any atom is -0.388 e. The smallest absolute Gasteiger partial charge is 0.0852 e. The van der Waals surface area contributed by atoms with Gasteiger partial charge < -0.3 is 10.4 Å². The van der Waals surface area contributed by atoms with Crippen LogP contribution in [-0.2, 0) is 0 Å². The lowest BCUT2D eigenvalue weighted by atomic mass is 9.78. The average Bonchev–Trinajstić information content (AvgIpc) is 2.62. The molecule has 0 aliphatic carbocycles. The standard InChI is InChI=1S/C23H33NOS/c1-5-24-17-23(4,25)22(19-9-7-6-8-10-19)20-11-13-21(14-12-20)26-16-15-18(2)3/h6-14,18,22,24-25H,5,15-17H2,1-4H3. The highest BCUT2D eigenvalue weighted by Crippen LogP contribution is 2.35. The first-order valence-electron chi connectivity index (χ1n) is 9.65. The van der Waals surface area contributed by atoms with Gasteiger partial charge in [-0.25, -0.2) is 0 Å². The molecule has 2 rings (SSSR count). The molecule has 2 aromatic rings. The van der Waals surface area contributed by atoms with Crippen molar-refractivity contribution in [1.82, 2.24) is 5.32 Å². The Morgan fingerprint density at radius 2 is 1.62 bits per heavy atom. The van der Waals surface area contributed by atoms with Crippen LogP contribution in [0.2, 0.25) is 0 Å². The first-order chi connectivity index (χ1) is 12.4. The molecule has 2 N–H and O–H groups in total. The zero-order chi connectivity index (χ0) is 19.0. The van der Waals surface area contributed by atoms with Crippen LogP contribution in [0.1, 0.15) is 51.2 Å². The molecule has 142 valence electrons. The van der Waals surface area contributed by atoms with Gasteiger partial charge in [-0.05, 0) is 54.8 Å². The van der Waals surface area contributed by atoms with Gasteiger partial charge in [-0.1, -0.05) is 63.2 Å². The Bertz CT molecular complexity index is 637. The van der Waals surface area contributed by atoms with Gasteiger partial charge in [0.25, 0.3) is 0 Å². The molecule has 0 amide bonds. The van der Waals surface area contributed by atoms with Crippen LogP contribution in [0.15, 0.2) is 59.5 Å². The summed E-state index contributed by atoms with van der Waals surface area (Å²) in [5.41, 5.74) is 1.45. The summed E-state index contributed by atoms with van der Waals surface area (Å²) in [4.78, 5) is 1.30. The number of hydrogen-bond donors (Lipinski definition) is 2. The van der Waals surface area contributed by atoms with E-state index in [2.05, 4.69) is 62.5 Å².